The molecule has 23 heavy (non-hydrogen) atoms. The van der Waals surface area contributed by atoms with Crippen LogP contribution in [0.3, 0.4) is 0 Å². The largest absolute Gasteiger partial charge is 0.493 e. The lowest BCUT2D eigenvalue weighted by molar-refractivity contribution is 0.278. The molecule has 3 heteroatoms. The Bertz CT molecular complexity index is 572. The number of epoxide rings is 1. The zero-order valence-electron chi connectivity index (χ0n) is 14.6. The third-order valence-corrected chi connectivity index (χ3v) is 5.25. The molecule has 2 aliphatic heterocycles. The molecule has 1 fully saturated rings. The number of benzene rings is 1. The van der Waals surface area contributed by atoms with Gasteiger partial charge in [-0.25, -0.2) is 0 Å². The van der Waals surface area contributed by atoms with Gasteiger partial charge in [-0.2, -0.15) is 0 Å². The zero-order valence-corrected chi connectivity index (χ0v) is 14.6. The first-order chi connectivity index (χ1) is 11.2. The smallest absolute Gasteiger partial charge is 0.126 e. The van der Waals surface area contributed by atoms with E-state index in [1.165, 1.54) is 11.1 Å². The summed E-state index contributed by atoms with van der Waals surface area (Å²) >= 11 is 0. The van der Waals surface area contributed by atoms with Crippen molar-refractivity contribution in [2.24, 2.45) is 0 Å². The summed E-state index contributed by atoms with van der Waals surface area (Å²) in [5.74, 6) is 1.86. The summed E-state index contributed by atoms with van der Waals surface area (Å²) in [6.45, 7) is 8.03. The first-order valence-electron chi connectivity index (χ1n) is 8.89. The Balaban J connectivity index is 1.41. The molecule has 2 heterocycles. The van der Waals surface area contributed by atoms with Crippen molar-refractivity contribution < 1.29 is 14.2 Å². The fourth-order valence-electron chi connectivity index (χ4n) is 3.42. The SMILES string of the molecule is CCC1(CC)OC1CCC(C)=CCOc1ccc2c(c1)OCC2. The Morgan fingerprint density at radius 1 is 1.35 bits per heavy atom. The van der Waals surface area contributed by atoms with Crippen LogP contribution >= 0.6 is 0 Å². The van der Waals surface area contributed by atoms with Crippen molar-refractivity contribution in [1.82, 2.24) is 0 Å². The van der Waals surface area contributed by atoms with Crippen molar-refractivity contribution in [2.75, 3.05) is 13.2 Å². The van der Waals surface area contributed by atoms with Crippen molar-refractivity contribution in [3.63, 3.8) is 0 Å². The van der Waals surface area contributed by atoms with Gasteiger partial charge in [0.2, 0.25) is 0 Å². The predicted octanol–water partition coefficient (Wildman–Crippen LogP) is 4.68. The van der Waals surface area contributed by atoms with E-state index in [1.807, 2.05) is 12.1 Å². The highest BCUT2D eigenvalue weighted by Gasteiger charge is 2.52. The highest BCUT2D eigenvalue weighted by Crippen LogP contribution is 2.45. The number of fused-ring (bicyclic) bond motifs is 1. The molecule has 1 aromatic rings. The molecule has 1 aromatic carbocycles. The zero-order chi connectivity index (χ0) is 16.3. The molecule has 1 unspecified atom stereocenters. The number of hydrogen-bond donors (Lipinski definition) is 0. The normalized spacial score (nSPS) is 21.7. The Hall–Kier alpha value is -1.48. The maximum absolute atomic E-state index is 5.90. The summed E-state index contributed by atoms with van der Waals surface area (Å²) in [5.41, 5.74) is 2.84. The van der Waals surface area contributed by atoms with Crippen LogP contribution in [0.4, 0.5) is 0 Å². The van der Waals surface area contributed by atoms with E-state index in [0.717, 1.165) is 50.2 Å². The van der Waals surface area contributed by atoms with Crippen LogP contribution in [-0.2, 0) is 11.2 Å². The van der Waals surface area contributed by atoms with Crippen LogP contribution in [0.1, 0.15) is 52.0 Å². The van der Waals surface area contributed by atoms with Gasteiger partial charge in [-0.1, -0.05) is 25.5 Å². The Morgan fingerprint density at radius 2 is 2.17 bits per heavy atom. The van der Waals surface area contributed by atoms with Crippen molar-refractivity contribution in [2.45, 2.75) is 64.6 Å². The lowest BCUT2D eigenvalue weighted by Crippen LogP contribution is -2.12. The monoisotopic (exact) mass is 316 g/mol. The molecule has 0 radical (unpaired) electrons. The number of hydrogen-bond acceptors (Lipinski definition) is 3. The van der Waals surface area contributed by atoms with Crippen LogP contribution < -0.4 is 9.47 Å². The Kier molecular flexibility index (Phi) is 4.96. The second kappa shape index (κ2) is 6.96. The minimum absolute atomic E-state index is 0.182. The van der Waals surface area contributed by atoms with Gasteiger partial charge in [-0.3, -0.25) is 0 Å². The second-order valence-electron chi connectivity index (χ2n) is 6.65. The third kappa shape index (κ3) is 3.72. The van der Waals surface area contributed by atoms with E-state index >= 15 is 0 Å². The van der Waals surface area contributed by atoms with Gasteiger partial charge in [-0.15, -0.1) is 0 Å². The minimum Gasteiger partial charge on any atom is -0.493 e. The van der Waals surface area contributed by atoms with E-state index < -0.39 is 0 Å². The summed E-state index contributed by atoms with van der Waals surface area (Å²) in [6.07, 6.45) is 8.10. The van der Waals surface area contributed by atoms with Crippen LogP contribution in [0.25, 0.3) is 0 Å². The number of ether oxygens (including phenoxy) is 3. The third-order valence-electron chi connectivity index (χ3n) is 5.25. The van der Waals surface area contributed by atoms with Crippen molar-refractivity contribution in [3.8, 4) is 11.5 Å². The van der Waals surface area contributed by atoms with Gasteiger partial charge >= 0.3 is 0 Å². The topological polar surface area (TPSA) is 31.0 Å². The highest BCUT2D eigenvalue weighted by atomic mass is 16.6. The quantitative estimate of drug-likeness (QED) is 0.515. The first kappa shape index (κ1) is 16.4. The summed E-state index contributed by atoms with van der Waals surface area (Å²) in [7, 11) is 0. The number of rotatable bonds is 8. The molecule has 1 saturated heterocycles. The van der Waals surface area contributed by atoms with E-state index in [1.54, 1.807) is 0 Å². The van der Waals surface area contributed by atoms with Gasteiger partial charge in [0.15, 0.2) is 0 Å². The summed E-state index contributed by atoms with van der Waals surface area (Å²) in [6, 6.07) is 6.14. The van der Waals surface area contributed by atoms with Crippen LogP contribution in [0.5, 0.6) is 11.5 Å². The fraction of sp³-hybridized carbons (Fsp3) is 0.600. The van der Waals surface area contributed by atoms with Crippen LogP contribution in [0.2, 0.25) is 0 Å². The molecule has 1 atom stereocenters. The van der Waals surface area contributed by atoms with E-state index in [2.05, 4.69) is 32.9 Å². The average Bonchev–Trinajstić information content (AvgIpc) is 3.09. The van der Waals surface area contributed by atoms with Gasteiger partial charge in [0.1, 0.15) is 18.1 Å². The molecule has 0 aromatic heterocycles. The van der Waals surface area contributed by atoms with E-state index in [-0.39, 0.29) is 5.60 Å². The molecule has 3 rings (SSSR count). The Morgan fingerprint density at radius 3 is 2.91 bits per heavy atom. The fourth-order valence-corrected chi connectivity index (χ4v) is 3.42. The average molecular weight is 316 g/mol. The lowest BCUT2D eigenvalue weighted by Gasteiger charge is -2.07. The van der Waals surface area contributed by atoms with Crippen molar-refractivity contribution >= 4 is 0 Å². The highest BCUT2D eigenvalue weighted by molar-refractivity contribution is 5.42. The van der Waals surface area contributed by atoms with Gasteiger partial charge < -0.3 is 14.2 Å². The van der Waals surface area contributed by atoms with E-state index in [9.17, 15) is 0 Å². The molecule has 2 aliphatic rings. The summed E-state index contributed by atoms with van der Waals surface area (Å²) in [4.78, 5) is 0. The maximum atomic E-state index is 5.90. The van der Waals surface area contributed by atoms with Crippen LogP contribution in [-0.4, -0.2) is 24.9 Å². The first-order valence-corrected chi connectivity index (χ1v) is 8.89. The second-order valence-corrected chi connectivity index (χ2v) is 6.65. The molecule has 0 amide bonds. The molecule has 126 valence electrons. The predicted molar refractivity (Wildman–Crippen MR) is 92.3 cm³/mol. The van der Waals surface area contributed by atoms with Crippen molar-refractivity contribution in [1.29, 1.82) is 0 Å². The van der Waals surface area contributed by atoms with Gasteiger partial charge in [0.05, 0.1) is 18.3 Å². The standard InChI is InChI=1S/C20H28O3/c1-4-20(5-2)19(23-20)9-6-15(3)10-12-21-17-8-7-16-11-13-22-18(16)14-17/h7-8,10,14,19H,4-6,9,11-13H2,1-3H3. The molecule has 0 aliphatic carbocycles. The van der Waals surface area contributed by atoms with E-state index in [0.29, 0.717) is 12.7 Å². The number of allylic oxidation sites excluding steroid dienone is 1. The lowest BCUT2D eigenvalue weighted by atomic mass is 9.95. The van der Waals surface area contributed by atoms with Gasteiger partial charge in [0.25, 0.3) is 0 Å². The van der Waals surface area contributed by atoms with Crippen LogP contribution in [0, 0.1) is 0 Å². The molecule has 0 spiro atoms. The van der Waals surface area contributed by atoms with Crippen LogP contribution in [0.15, 0.2) is 29.8 Å². The molecule has 0 N–H and O–H groups in total. The summed E-state index contributed by atoms with van der Waals surface area (Å²) in [5, 5.41) is 0. The van der Waals surface area contributed by atoms with Gasteiger partial charge in [-0.05, 0) is 50.3 Å². The summed E-state index contributed by atoms with van der Waals surface area (Å²) < 4.78 is 17.3. The molecule has 0 saturated carbocycles. The van der Waals surface area contributed by atoms with E-state index in [4.69, 9.17) is 14.2 Å². The maximum Gasteiger partial charge on any atom is 0.126 e. The molecule has 3 nitrogen and oxygen atoms in total. The molecular weight excluding hydrogens is 288 g/mol. The molecular formula is C20H28O3. The molecule has 0 bridgehead atoms. The minimum atomic E-state index is 0.182. The van der Waals surface area contributed by atoms with Crippen molar-refractivity contribution in [3.05, 3.63) is 35.4 Å². The Labute approximate surface area is 139 Å². The van der Waals surface area contributed by atoms with Gasteiger partial charge in [0, 0.05) is 12.5 Å².